The monoisotopic (exact) mass is 289 g/mol. The van der Waals surface area contributed by atoms with E-state index in [0.717, 1.165) is 0 Å². The molecule has 0 saturated heterocycles. The summed E-state index contributed by atoms with van der Waals surface area (Å²) in [6.07, 6.45) is 0. The highest BCUT2D eigenvalue weighted by molar-refractivity contribution is 9.10. The summed E-state index contributed by atoms with van der Waals surface area (Å²) in [5, 5.41) is 9.27. The van der Waals surface area contributed by atoms with E-state index in [1.54, 1.807) is 25.9 Å². The van der Waals surface area contributed by atoms with E-state index in [0.29, 0.717) is 5.56 Å². The van der Waals surface area contributed by atoms with Crippen LogP contribution in [0.25, 0.3) is 0 Å². The molecule has 1 aromatic rings. The average Bonchev–Trinajstić information content (AvgIpc) is 2.20. The van der Waals surface area contributed by atoms with Crippen molar-refractivity contribution in [3.63, 3.8) is 0 Å². The Morgan fingerprint density at radius 2 is 2.06 bits per heavy atom. The molecule has 0 aromatic heterocycles. The van der Waals surface area contributed by atoms with Crippen molar-refractivity contribution in [2.75, 3.05) is 14.1 Å². The van der Waals surface area contributed by atoms with Gasteiger partial charge in [-0.15, -0.1) is 0 Å². The first-order valence-corrected chi connectivity index (χ1v) is 5.45. The number of likely N-dealkylation sites (N-methyl/N-ethyl adjacent to an activating group) is 1. The van der Waals surface area contributed by atoms with E-state index in [9.17, 15) is 14.3 Å². The van der Waals surface area contributed by atoms with Crippen LogP contribution >= 0.6 is 15.9 Å². The highest BCUT2D eigenvalue weighted by Gasteiger charge is 2.37. The lowest BCUT2D eigenvalue weighted by Gasteiger charge is -2.32. The molecule has 0 aliphatic carbocycles. The number of hydrogen-bond donors (Lipinski definition) is 1. The van der Waals surface area contributed by atoms with Crippen molar-refractivity contribution in [1.82, 2.24) is 4.90 Å². The Morgan fingerprint density at radius 1 is 1.50 bits per heavy atom. The Kier molecular flexibility index (Phi) is 3.70. The Hall–Kier alpha value is -0.940. The van der Waals surface area contributed by atoms with Gasteiger partial charge < -0.3 is 5.11 Å². The van der Waals surface area contributed by atoms with Gasteiger partial charge >= 0.3 is 5.97 Å². The molecule has 1 aromatic carbocycles. The molecule has 3 nitrogen and oxygen atoms in total. The summed E-state index contributed by atoms with van der Waals surface area (Å²) in [5.74, 6) is -1.38. The normalized spacial score (nSPS) is 14.9. The molecule has 0 bridgehead atoms. The van der Waals surface area contributed by atoms with Crippen LogP contribution in [0.5, 0.6) is 0 Å². The lowest BCUT2D eigenvalue weighted by molar-refractivity contribution is -0.149. The largest absolute Gasteiger partial charge is 0.480 e. The summed E-state index contributed by atoms with van der Waals surface area (Å²) in [7, 11) is 3.34. The van der Waals surface area contributed by atoms with Gasteiger partial charge in [-0.05, 0) is 54.6 Å². The Labute approximate surface area is 102 Å². The summed E-state index contributed by atoms with van der Waals surface area (Å²) >= 11 is 3.05. The van der Waals surface area contributed by atoms with Gasteiger partial charge in [0.15, 0.2) is 0 Å². The van der Waals surface area contributed by atoms with Crippen molar-refractivity contribution in [1.29, 1.82) is 0 Å². The van der Waals surface area contributed by atoms with Crippen LogP contribution in [0.15, 0.2) is 22.7 Å². The van der Waals surface area contributed by atoms with E-state index in [2.05, 4.69) is 15.9 Å². The van der Waals surface area contributed by atoms with E-state index in [1.807, 2.05) is 0 Å². The SMILES string of the molecule is CN(C)C(C)(C(=O)O)c1ccc(F)c(Br)c1. The van der Waals surface area contributed by atoms with Crippen LogP contribution in [0.1, 0.15) is 12.5 Å². The minimum atomic E-state index is -1.17. The number of hydrogen-bond acceptors (Lipinski definition) is 2. The molecule has 0 radical (unpaired) electrons. The van der Waals surface area contributed by atoms with Crippen LogP contribution < -0.4 is 0 Å². The molecule has 1 unspecified atom stereocenters. The fraction of sp³-hybridized carbons (Fsp3) is 0.364. The molecule has 1 rings (SSSR count). The number of benzene rings is 1. The fourth-order valence-electron chi connectivity index (χ4n) is 1.37. The minimum Gasteiger partial charge on any atom is -0.480 e. The standard InChI is InChI=1S/C11H13BrFNO2/c1-11(10(15)16,14(2)3)7-4-5-9(13)8(12)6-7/h4-6H,1-3H3,(H,15,16). The second-order valence-electron chi connectivity index (χ2n) is 3.90. The van der Waals surface area contributed by atoms with Gasteiger partial charge in [0.2, 0.25) is 0 Å². The molecule has 0 fully saturated rings. The fourth-order valence-corrected chi connectivity index (χ4v) is 1.75. The molecule has 1 N–H and O–H groups in total. The molecule has 5 heteroatoms. The Morgan fingerprint density at radius 3 is 2.44 bits per heavy atom. The smallest absolute Gasteiger partial charge is 0.328 e. The van der Waals surface area contributed by atoms with Crippen molar-refractivity contribution in [2.45, 2.75) is 12.5 Å². The van der Waals surface area contributed by atoms with Crippen molar-refractivity contribution in [3.8, 4) is 0 Å². The number of nitrogens with zero attached hydrogens (tertiary/aromatic N) is 1. The average molecular weight is 290 g/mol. The van der Waals surface area contributed by atoms with Gasteiger partial charge in [0.25, 0.3) is 0 Å². The Bertz CT molecular complexity index is 422. The van der Waals surface area contributed by atoms with Crippen molar-refractivity contribution < 1.29 is 14.3 Å². The van der Waals surface area contributed by atoms with Crippen LogP contribution in [-0.2, 0) is 10.3 Å². The first kappa shape index (κ1) is 13.1. The maximum atomic E-state index is 13.1. The van der Waals surface area contributed by atoms with Gasteiger partial charge in [0.05, 0.1) is 4.47 Å². The first-order chi connectivity index (χ1) is 7.30. The van der Waals surface area contributed by atoms with Gasteiger partial charge in [-0.2, -0.15) is 0 Å². The van der Waals surface area contributed by atoms with Crippen LogP contribution in [-0.4, -0.2) is 30.1 Å². The molecule has 1 atom stereocenters. The van der Waals surface area contributed by atoms with E-state index in [1.165, 1.54) is 18.2 Å². The van der Waals surface area contributed by atoms with Gasteiger partial charge in [-0.25, -0.2) is 9.18 Å². The van der Waals surface area contributed by atoms with E-state index in [4.69, 9.17) is 0 Å². The van der Waals surface area contributed by atoms with Gasteiger partial charge in [-0.3, -0.25) is 4.90 Å². The molecule has 0 saturated carbocycles. The van der Waals surface area contributed by atoms with Crippen LogP contribution in [0.4, 0.5) is 4.39 Å². The minimum absolute atomic E-state index is 0.263. The lowest BCUT2D eigenvalue weighted by atomic mass is 9.91. The molecule has 88 valence electrons. The molecule has 0 aliphatic rings. The summed E-state index contributed by atoms with van der Waals surface area (Å²) in [5.41, 5.74) is -0.644. The van der Waals surface area contributed by atoms with E-state index < -0.39 is 17.3 Å². The second kappa shape index (κ2) is 4.51. The maximum Gasteiger partial charge on any atom is 0.328 e. The van der Waals surface area contributed by atoms with Crippen LogP contribution in [0, 0.1) is 5.82 Å². The highest BCUT2D eigenvalue weighted by Crippen LogP contribution is 2.29. The predicted molar refractivity (Wildman–Crippen MR) is 62.8 cm³/mol. The summed E-state index contributed by atoms with van der Waals surface area (Å²) in [4.78, 5) is 12.9. The topological polar surface area (TPSA) is 40.5 Å². The lowest BCUT2D eigenvalue weighted by Crippen LogP contribution is -2.45. The molecule has 0 aliphatic heterocycles. The molecule has 0 heterocycles. The third kappa shape index (κ3) is 2.10. The van der Waals surface area contributed by atoms with Crippen molar-refractivity contribution in [3.05, 3.63) is 34.1 Å². The number of carboxylic acids is 1. The van der Waals surface area contributed by atoms with Gasteiger partial charge in [0, 0.05) is 0 Å². The zero-order valence-corrected chi connectivity index (χ0v) is 10.9. The van der Waals surface area contributed by atoms with E-state index >= 15 is 0 Å². The molecule has 0 amide bonds. The van der Waals surface area contributed by atoms with Crippen molar-refractivity contribution >= 4 is 21.9 Å². The van der Waals surface area contributed by atoms with Crippen LogP contribution in [0.3, 0.4) is 0 Å². The van der Waals surface area contributed by atoms with Gasteiger partial charge in [-0.1, -0.05) is 6.07 Å². The highest BCUT2D eigenvalue weighted by atomic mass is 79.9. The summed E-state index contributed by atoms with van der Waals surface area (Å²) < 4.78 is 13.3. The predicted octanol–water partition coefficient (Wildman–Crippen LogP) is 2.45. The third-order valence-electron chi connectivity index (χ3n) is 2.79. The van der Waals surface area contributed by atoms with Crippen molar-refractivity contribution in [2.24, 2.45) is 0 Å². The number of rotatable bonds is 3. The number of carboxylic acid groups (broad SMARTS) is 1. The summed E-state index contributed by atoms with van der Waals surface area (Å²) in [6, 6.07) is 4.22. The summed E-state index contributed by atoms with van der Waals surface area (Å²) in [6.45, 7) is 1.58. The maximum absolute atomic E-state index is 13.1. The first-order valence-electron chi connectivity index (χ1n) is 4.66. The third-order valence-corrected chi connectivity index (χ3v) is 3.40. The molecule has 16 heavy (non-hydrogen) atoms. The zero-order chi connectivity index (χ0) is 12.5. The second-order valence-corrected chi connectivity index (χ2v) is 4.76. The van der Waals surface area contributed by atoms with Gasteiger partial charge in [0.1, 0.15) is 11.4 Å². The Balaban J connectivity index is 3.33. The molecular formula is C11H13BrFNO2. The van der Waals surface area contributed by atoms with E-state index in [-0.39, 0.29) is 4.47 Å². The number of halogens is 2. The number of carbonyl (C=O) groups is 1. The molecular weight excluding hydrogens is 277 g/mol. The molecule has 0 spiro atoms. The number of aliphatic carboxylic acids is 1. The van der Waals surface area contributed by atoms with Crippen LogP contribution in [0.2, 0.25) is 0 Å². The quantitative estimate of drug-likeness (QED) is 0.929. The zero-order valence-electron chi connectivity index (χ0n) is 9.29.